The lowest BCUT2D eigenvalue weighted by molar-refractivity contribution is -0.146. The minimum absolute atomic E-state index is 0.218. The molecule has 0 bridgehead atoms. The van der Waals surface area contributed by atoms with Crippen molar-refractivity contribution in [1.29, 1.82) is 0 Å². The van der Waals surface area contributed by atoms with Gasteiger partial charge >= 0.3 is 6.18 Å². The predicted octanol–water partition coefficient (Wildman–Crippen LogP) is 3.32. The van der Waals surface area contributed by atoms with Gasteiger partial charge in [-0.2, -0.15) is 17.9 Å². The number of tetrazole rings is 1. The number of rotatable bonds is 7. The van der Waals surface area contributed by atoms with Gasteiger partial charge in [0.2, 0.25) is 0 Å². The molecule has 0 amide bonds. The highest BCUT2D eigenvalue weighted by molar-refractivity contribution is 5.44. The third-order valence-electron chi connectivity index (χ3n) is 5.58. The number of nitrogens with zero attached hydrogens (tertiary/aromatic N) is 4. The molecule has 1 aliphatic rings. The van der Waals surface area contributed by atoms with Crippen molar-refractivity contribution in [3.8, 4) is 11.4 Å². The van der Waals surface area contributed by atoms with Crippen LogP contribution in [0.3, 0.4) is 0 Å². The highest BCUT2D eigenvalue weighted by Gasteiger charge is 2.38. The number of piperidine rings is 1. The highest BCUT2D eigenvalue weighted by atomic mass is 19.4. The van der Waals surface area contributed by atoms with Gasteiger partial charge in [-0.3, -0.25) is 0 Å². The molecule has 1 aromatic heterocycles. The fourth-order valence-corrected chi connectivity index (χ4v) is 4.06. The Morgan fingerprint density at radius 1 is 1.19 bits per heavy atom. The SMILES string of the molecule is CCOc1ccc(-n2nnnc2C(F)(F)F)cc1CN[C@H]1CCNC[C@H]1c1ccccc1. The Labute approximate surface area is 184 Å². The van der Waals surface area contributed by atoms with Crippen molar-refractivity contribution in [3.05, 3.63) is 65.5 Å². The zero-order valence-corrected chi connectivity index (χ0v) is 17.6. The van der Waals surface area contributed by atoms with Crippen LogP contribution >= 0.6 is 0 Å². The summed E-state index contributed by atoms with van der Waals surface area (Å²) in [7, 11) is 0. The predicted molar refractivity (Wildman–Crippen MR) is 113 cm³/mol. The zero-order valence-electron chi connectivity index (χ0n) is 17.6. The molecular weight excluding hydrogens is 421 g/mol. The highest BCUT2D eigenvalue weighted by Crippen LogP contribution is 2.30. The zero-order chi connectivity index (χ0) is 22.6. The first-order valence-electron chi connectivity index (χ1n) is 10.6. The van der Waals surface area contributed by atoms with E-state index in [0.29, 0.717) is 29.5 Å². The van der Waals surface area contributed by atoms with E-state index in [4.69, 9.17) is 4.74 Å². The van der Waals surface area contributed by atoms with Crippen molar-refractivity contribution in [2.45, 2.75) is 38.0 Å². The van der Waals surface area contributed by atoms with E-state index in [1.807, 2.05) is 25.1 Å². The first-order chi connectivity index (χ1) is 15.5. The molecule has 10 heteroatoms. The molecule has 0 saturated carbocycles. The minimum Gasteiger partial charge on any atom is -0.494 e. The van der Waals surface area contributed by atoms with Crippen LogP contribution in [0.5, 0.6) is 5.75 Å². The van der Waals surface area contributed by atoms with Gasteiger partial charge in [0.25, 0.3) is 5.82 Å². The van der Waals surface area contributed by atoms with Crippen LogP contribution in [0.25, 0.3) is 5.69 Å². The molecule has 2 N–H and O–H groups in total. The van der Waals surface area contributed by atoms with Gasteiger partial charge in [0, 0.05) is 30.6 Å². The molecule has 0 spiro atoms. The molecule has 3 aromatic rings. The van der Waals surface area contributed by atoms with Gasteiger partial charge in [0.15, 0.2) is 0 Å². The number of alkyl halides is 3. The van der Waals surface area contributed by atoms with Gasteiger partial charge in [0.05, 0.1) is 12.3 Å². The minimum atomic E-state index is -4.65. The summed E-state index contributed by atoms with van der Waals surface area (Å²) in [6.07, 6.45) is -3.72. The van der Waals surface area contributed by atoms with Gasteiger partial charge in [-0.1, -0.05) is 30.3 Å². The monoisotopic (exact) mass is 446 g/mol. The maximum absolute atomic E-state index is 13.3. The molecule has 2 aromatic carbocycles. The molecule has 170 valence electrons. The maximum atomic E-state index is 13.3. The van der Waals surface area contributed by atoms with E-state index < -0.39 is 12.0 Å². The second-order valence-corrected chi connectivity index (χ2v) is 7.63. The standard InChI is InChI=1S/C22H25F3N6O/c1-2-32-20-9-8-17(31-21(22(23,24)25)28-29-30-31)12-16(20)13-27-19-10-11-26-14-18(19)15-6-4-3-5-7-15/h3-9,12,18-19,26-27H,2,10-11,13-14H2,1H3/t18-,19-/m0/s1. The first kappa shape index (κ1) is 22.2. The molecule has 1 fully saturated rings. The van der Waals surface area contributed by atoms with Crippen LogP contribution in [-0.2, 0) is 12.7 Å². The summed E-state index contributed by atoms with van der Waals surface area (Å²) < 4.78 is 46.2. The van der Waals surface area contributed by atoms with Crippen molar-refractivity contribution < 1.29 is 17.9 Å². The number of benzene rings is 2. The molecule has 2 atom stereocenters. The van der Waals surface area contributed by atoms with Gasteiger partial charge in [-0.05, 0) is 54.1 Å². The summed E-state index contributed by atoms with van der Waals surface area (Å²) in [6.45, 7) is 4.52. The number of hydrogen-bond donors (Lipinski definition) is 2. The maximum Gasteiger partial charge on any atom is 0.453 e. The normalized spacial score (nSPS) is 19.1. The van der Waals surface area contributed by atoms with Crippen molar-refractivity contribution in [2.24, 2.45) is 0 Å². The lowest BCUT2D eigenvalue weighted by Crippen LogP contribution is -2.45. The lowest BCUT2D eigenvalue weighted by atomic mass is 9.87. The summed E-state index contributed by atoms with van der Waals surface area (Å²) >= 11 is 0. The van der Waals surface area contributed by atoms with E-state index in [2.05, 4.69) is 38.3 Å². The molecule has 1 aliphatic heterocycles. The second kappa shape index (κ2) is 9.66. The van der Waals surface area contributed by atoms with Gasteiger partial charge < -0.3 is 15.4 Å². The number of aromatic nitrogens is 4. The number of halogens is 3. The second-order valence-electron chi connectivity index (χ2n) is 7.63. The Morgan fingerprint density at radius 3 is 2.75 bits per heavy atom. The third-order valence-corrected chi connectivity index (χ3v) is 5.58. The van der Waals surface area contributed by atoms with Gasteiger partial charge in [-0.15, -0.1) is 5.10 Å². The average molecular weight is 446 g/mol. The fourth-order valence-electron chi connectivity index (χ4n) is 4.06. The van der Waals surface area contributed by atoms with Crippen LogP contribution in [0.15, 0.2) is 48.5 Å². The van der Waals surface area contributed by atoms with Crippen molar-refractivity contribution in [3.63, 3.8) is 0 Å². The van der Waals surface area contributed by atoms with Crippen molar-refractivity contribution >= 4 is 0 Å². The van der Waals surface area contributed by atoms with E-state index >= 15 is 0 Å². The van der Waals surface area contributed by atoms with E-state index in [1.54, 1.807) is 12.1 Å². The molecule has 4 rings (SSSR count). The Kier molecular flexibility index (Phi) is 6.71. The first-order valence-corrected chi connectivity index (χ1v) is 10.6. The van der Waals surface area contributed by atoms with Gasteiger partial charge in [-0.25, -0.2) is 0 Å². The Morgan fingerprint density at radius 2 is 2.00 bits per heavy atom. The number of hydrogen-bond acceptors (Lipinski definition) is 6. The van der Waals surface area contributed by atoms with Crippen LogP contribution < -0.4 is 15.4 Å². The van der Waals surface area contributed by atoms with Crippen molar-refractivity contribution in [1.82, 2.24) is 30.8 Å². The van der Waals surface area contributed by atoms with Crippen LogP contribution in [0.1, 0.15) is 36.2 Å². The summed E-state index contributed by atoms with van der Waals surface area (Å²) in [6, 6.07) is 15.3. The molecule has 0 unspecified atom stereocenters. The summed E-state index contributed by atoms with van der Waals surface area (Å²) in [5, 5.41) is 16.9. The molecule has 2 heterocycles. The van der Waals surface area contributed by atoms with E-state index in [0.717, 1.165) is 25.1 Å². The van der Waals surface area contributed by atoms with Crippen LogP contribution in [0.2, 0.25) is 0 Å². The average Bonchev–Trinajstić information content (AvgIpc) is 3.30. The van der Waals surface area contributed by atoms with Gasteiger partial charge in [0.1, 0.15) is 5.75 Å². The van der Waals surface area contributed by atoms with Crippen LogP contribution in [0.4, 0.5) is 13.2 Å². The Balaban J connectivity index is 1.58. The van der Waals surface area contributed by atoms with E-state index in [-0.39, 0.29) is 11.7 Å². The van der Waals surface area contributed by atoms with Crippen molar-refractivity contribution in [2.75, 3.05) is 19.7 Å². The molecule has 0 radical (unpaired) electrons. The molecule has 0 aliphatic carbocycles. The quantitative estimate of drug-likeness (QED) is 0.580. The fraction of sp³-hybridized carbons (Fsp3) is 0.409. The summed E-state index contributed by atoms with van der Waals surface area (Å²) in [4.78, 5) is 0. The Bertz CT molecular complexity index is 1020. The van der Waals surface area contributed by atoms with Crippen LogP contribution in [-0.4, -0.2) is 45.9 Å². The molecule has 7 nitrogen and oxygen atoms in total. The number of ether oxygens (including phenoxy) is 1. The topological polar surface area (TPSA) is 76.9 Å². The smallest absolute Gasteiger partial charge is 0.453 e. The molecular formula is C22H25F3N6O. The lowest BCUT2D eigenvalue weighted by Gasteiger charge is -2.33. The third kappa shape index (κ3) is 4.91. The number of nitrogens with one attached hydrogen (secondary N) is 2. The molecule has 1 saturated heterocycles. The van der Waals surface area contributed by atoms with E-state index in [1.165, 1.54) is 11.6 Å². The van der Waals surface area contributed by atoms with E-state index in [9.17, 15) is 13.2 Å². The largest absolute Gasteiger partial charge is 0.494 e. The summed E-state index contributed by atoms with van der Waals surface area (Å²) in [5.74, 6) is -0.251. The van der Waals surface area contributed by atoms with Crippen LogP contribution in [0, 0.1) is 0 Å². The molecule has 32 heavy (non-hydrogen) atoms. The summed E-state index contributed by atoms with van der Waals surface area (Å²) in [5.41, 5.74) is 2.23. The Hall–Kier alpha value is -2.98.